The Kier molecular flexibility index (Phi) is 4.44. The molecule has 3 nitrogen and oxygen atoms in total. The quantitative estimate of drug-likeness (QED) is 0.919. The summed E-state index contributed by atoms with van der Waals surface area (Å²) < 4.78 is 18.9. The Balaban J connectivity index is 2.27. The van der Waals surface area contributed by atoms with Crippen LogP contribution < -0.4 is 10.1 Å². The van der Waals surface area contributed by atoms with Crippen LogP contribution in [0.15, 0.2) is 42.5 Å². The highest BCUT2D eigenvalue weighted by Gasteiger charge is 2.15. The van der Waals surface area contributed by atoms with E-state index in [-0.39, 0.29) is 5.56 Å². The van der Waals surface area contributed by atoms with Gasteiger partial charge in [0.05, 0.1) is 13.2 Å². The van der Waals surface area contributed by atoms with E-state index in [4.69, 9.17) is 16.3 Å². The minimum absolute atomic E-state index is 0.250. The van der Waals surface area contributed by atoms with E-state index >= 15 is 0 Å². The monoisotopic (exact) mass is 290 g/mol. The van der Waals surface area contributed by atoms with Crippen molar-refractivity contribution >= 4 is 17.3 Å². The number of methoxy groups -OCH3 is 1. The van der Waals surface area contributed by atoms with Gasteiger partial charge < -0.3 is 10.1 Å². The zero-order valence-corrected chi connectivity index (χ0v) is 11.5. The molecule has 20 heavy (non-hydrogen) atoms. The van der Waals surface area contributed by atoms with Gasteiger partial charge in [0.25, 0.3) is 0 Å². The molecule has 1 unspecified atom stereocenters. The second-order valence-electron chi connectivity index (χ2n) is 4.10. The van der Waals surface area contributed by atoms with E-state index in [9.17, 15) is 9.65 Å². The Morgan fingerprint density at radius 3 is 2.75 bits per heavy atom. The van der Waals surface area contributed by atoms with Crippen LogP contribution >= 0.6 is 11.6 Å². The third-order valence-electron chi connectivity index (χ3n) is 2.78. The van der Waals surface area contributed by atoms with Gasteiger partial charge in [-0.2, -0.15) is 5.26 Å². The van der Waals surface area contributed by atoms with Crippen LogP contribution in [-0.4, -0.2) is 7.11 Å². The molecule has 2 rings (SSSR count). The number of anilines is 1. The van der Waals surface area contributed by atoms with Gasteiger partial charge in [0.2, 0.25) is 0 Å². The first-order valence-corrected chi connectivity index (χ1v) is 6.27. The van der Waals surface area contributed by atoms with Crippen LogP contribution in [0.25, 0.3) is 0 Å². The topological polar surface area (TPSA) is 45.0 Å². The van der Waals surface area contributed by atoms with Crippen LogP contribution in [0.2, 0.25) is 5.02 Å². The molecular weight excluding hydrogens is 279 g/mol. The van der Waals surface area contributed by atoms with Gasteiger partial charge in [-0.1, -0.05) is 23.7 Å². The molecule has 0 fully saturated rings. The van der Waals surface area contributed by atoms with Crippen LogP contribution in [0.4, 0.5) is 10.1 Å². The Hall–Kier alpha value is -2.25. The Morgan fingerprint density at radius 2 is 2.10 bits per heavy atom. The number of ether oxygens (including phenoxy) is 1. The van der Waals surface area contributed by atoms with Crippen LogP contribution in [0.3, 0.4) is 0 Å². The van der Waals surface area contributed by atoms with Crippen molar-refractivity contribution in [3.63, 3.8) is 0 Å². The first-order chi connectivity index (χ1) is 9.63. The maximum absolute atomic E-state index is 13.8. The van der Waals surface area contributed by atoms with Gasteiger partial charge in [0.1, 0.15) is 17.6 Å². The van der Waals surface area contributed by atoms with Crippen molar-refractivity contribution in [2.24, 2.45) is 0 Å². The van der Waals surface area contributed by atoms with E-state index in [2.05, 4.69) is 5.32 Å². The molecule has 0 saturated carbocycles. The summed E-state index contributed by atoms with van der Waals surface area (Å²) in [5, 5.41) is 12.5. The molecule has 0 heterocycles. The zero-order valence-electron chi connectivity index (χ0n) is 10.7. The molecule has 0 spiro atoms. The molecule has 0 aliphatic carbocycles. The molecule has 0 aromatic heterocycles. The average molecular weight is 291 g/mol. The van der Waals surface area contributed by atoms with Crippen LogP contribution in [0.1, 0.15) is 11.6 Å². The second kappa shape index (κ2) is 6.27. The Labute approximate surface area is 121 Å². The molecule has 0 amide bonds. The first-order valence-electron chi connectivity index (χ1n) is 5.89. The van der Waals surface area contributed by atoms with Gasteiger partial charge in [-0.15, -0.1) is 0 Å². The minimum atomic E-state index is -0.806. The summed E-state index contributed by atoms with van der Waals surface area (Å²) in [7, 11) is 1.56. The van der Waals surface area contributed by atoms with Crippen LogP contribution in [0.5, 0.6) is 5.75 Å². The maximum Gasteiger partial charge on any atom is 0.143 e. The van der Waals surface area contributed by atoms with Crippen molar-refractivity contribution in [2.75, 3.05) is 12.4 Å². The standard InChI is InChI=1S/C15H12ClFN2O/c1-20-12-4-2-3-11(8-12)19-15(9-18)13-6-5-10(16)7-14(13)17/h2-8,15,19H,1H3. The fourth-order valence-electron chi connectivity index (χ4n) is 1.79. The smallest absolute Gasteiger partial charge is 0.143 e. The minimum Gasteiger partial charge on any atom is -0.497 e. The van der Waals surface area contributed by atoms with Gasteiger partial charge in [0.15, 0.2) is 0 Å². The molecule has 0 saturated heterocycles. The lowest BCUT2D eigenvalue weighted by Gasteiger charge is -2.14. The number of halogens is 2. The summed E-state index contributed by atoms with van der Waals surface area (Å²) in [6, 6.07) is 12.5. The third kappa shape index (κ3) is 3.19. The molecule has 1 N–H and O–H groups in total. The number of nitrogens with one attached hydrogen (secondary N) is 1. The fourth-order valence-corrected chi connectivity index (χ4v) is 1.95. The molecule has 0 bridgehead atoms. The zero-order chi connectivity index (χ0) is 14.5. The number of nitriles is 1. The van der Waals surface area contributed by atoms with Crippen molar-refractivity contribution in [1.82, 2.24) is 0 Å². The number of rotatable bonds is 4. The molecule has 5 heteroatoms. The summed E-state index contributed by atoms with van der Waals surface area (Å²) in [6.07, 6.45) is 0. The highest BCUT2D eigenvalue weighted by atomic mass is 35.5. The van der Waals surface area contributed by atoms with Gasteiger partial charge in [-0.25, -0.2) is 4.39 Å². The largest absolute Gasteiger partial charge is 0.497 e. The lowest BCUT2D eigenvalue weighted by molar-refractivity contribution is 0.415. The molecule has 2 aromatic carbocycles. The molecule has 2 aromatic rings. The Bertz CT molecular complexity index is 655. The molecule has 0 radical (unpaired) electrons. The van der Waals surface area contributed by atoms with Gasteiger partial charge in [-0.05, 0) is 24.3 Å². The van der Waals surface area contributed by atoms with Gasteiger partial charge >= 0.3 is 0 Å². The van der Waals surface area contributed by atoms with Crippen LogP contribution in [-0.2, 0) is 0 Å². The summed E-state index contributed by atoms with van der Waals surface area (Å²) >= 11 is 5.70. The number of benzene rings is 2. The molecular formula is C15H12ClFN2O. The lowest BCUT2D eigenvalue weighted by Crippen LogP contribution is -2.10. The third-order valence-corrected chi connectivity index (χ3v) is 3.02. The summed E-state index contributed by atoms with van der Waals surface area (Å²) in [4.78, 5) is 0. The summed E-state index contributed by atoms with van der Waals surface area (Å²) in [6.45, 7) is 0. The Morgan fingerprint density at radius 1 is 1.30 bits per heavy atom. The van der Waals surface area contributed by atoms with Gasteiger partial charge in [-0.3, -0.25) is 0 Å². The number of nitrogens with zero attached hydrogens (tertiary/aromatic N) is 1. The molecule has 102 valence electrons. The number of hydrogen-bond donors (Lipinski definition) is 1. The van der Waals surface area contributed by atoms with Gasteiger partial charge in [0, 0.05) is 22.3 Å². The summed E-state index contributed by atoms with van der Waals surface area (Å²) in [5.74, 6) is 0.141. The van der Waals surface area contributed by atoms with Crippen molar-refractivity contribution in [1.29, 1.82) is 5.26 Å². The van der Waals surface area contributed by atoms with Crippen molar-refractivity contribution < 1.29 is 9.13 Å². The highest BCUT2D eigenvalue weighted by molar-refractivity contribution is 6.30. The fraction of sp³-hybridized carbons (Fsp3) is 0.133. The number of hydrogen-bond acceptors (Lipinski definition) is 3. The maximum atomic E-state index is 13.8. The van der Waals surface area contributed by atoms with E-state index in [0.29, 0.717) is 16.5 Å². The normalized spacial score (nSPS) is 11.5. The lowest BCUT2D eigenvalue weighted by atomic mass is 10.1. The highest BCUT2D eigenvalue weighted by Crippen LogP contribution is 2.25. The molecule has 0 aliphatic heterocycles. The SMILES string of the molecule is COc1cccc(NC(C#N)c2ccc(Cl)cc2F)c1. The van der Waals surface area contributed by atoms with E-state index < -0.39 is 11.9 Å². The van der Waals surface area contributed by atoms with Crippen LogP contribution in [0, 0.1) is 17.1 Å². The van der Waals surface area contributed by atoms with Crippen molar-refractivity contribution in [3.8, 4) is 11.8 Å². The van der Waals surface area contributed by atoms with Crippen molar-refractivity contribution in [2.45, 2.75) is 6.04 Å². The molecule has 1 atom stereocenters. The van der Waals surface area contributed by atoms with E-state index in [1.54, 1.807) is 37.4 Å². The summed E-state index contributed by atoms with van der Waals surface area (Å²) in [5.41, 5.74) is 0.921. The van der Waals surface area contributed by atoms with E-state index in [1.165, 1.54) is 12.1 Å². The second-order valence-corrected chi connectivity index (χ2v) is 4.54. The first kappa shape index (κ1) is 14.2. The van der Waals surface area contributed by atoms with E-state index in [1.807, 2.05) is 6.07 Å². The predicted molar refractivity (Wildman–Crippen MR) is 76.4 cm³/mol. The molecule has 0 aliphatic rings. The predicted octanol–water partition coefficient (Wildman–Crippen LogP) is 4.16. The van der Waals surface area contributed by atoms with Crippen molar-refractivity contribution in [3.05, 3.63) is 58.9 Å². The van der Waals surface area contributed by atoms with E-state index in [0.717, 1.165) is 0 Å². The average Bonchev–Trinajstić information content (AvgIpc) is 2.45.